The molecular weight excluding hydrogens is 342 g/mol. The summed E-state index contributed by atoms with van der Waals surface area (Å²) in [6.45, 7) is 4.15. The summed E-state index contributed by atoms with van der Waals surface area (Å²) in [5.41, 5.74) is 3.19. The van der Waals surface area contributed by atoms with Crippen LogP contribution in [0.3, 0.4) is 0 Å². The number of benzene rings is 1. The van der Waals surface area contributed by atoms with Gasteiger partial charge in [0.15, 0.2) is 0 Å². The van der Waals surface area contributed by atoms with Gasteiger partial charge in [-0.3, -0.25) is 9.59 Å². The van der Waals surface area contributed by atoms with E-state index in [0.717, 1.165) is 4.47 Å². The minimum atomic E-state index is -0.216. The van der Waals surface area contributed by atoms with E-state index < -0.39 is 0 Å². The monoisotopic (exact) mass is 357 g/mol. The molecule has 1 heterocycles. The van der Waals surface area contributed by atoms with Crippen LogP contribution in [0.1, 0.15) is 13.8 Å². The third-order valence-corrected chi connectivity index (χ3v) is 5.55. The molecule has 1 aromatic carbocycles. The molecule has 2 amide bonds. The largest absolute Gasteiger partial charge is 0.274 e. The second kappa shape index (κ2) is 4.66. The Kier molecular flexibility index (Phi) is 2.95. The van der Waals surface area contributed by atoms with Crippen molar-refractivity contribution in [2.75, 3.05) is 4.90 Å². The summed E-state index contributed by atoms with van der Waals surface area (Å²) in [5.74, 6) is -0.327. The fraction of sp³-hybridized carbons (Fsp3) is 0.333. The maximum absolute atomic E-state index is 12.9. The lowest BCUT2D eigenvalue weighted by molar-refractivity contribution is -0.122. The van der Waals surface area contributed by atoms with Crippen LogP contribution in [0.2, 0.25) is 0 Å². The Labute approximate surface area is 137 Å². The summed E-state index contributed by atoms with van der Waals surface area (Å²) >= 11 is 3.41. The Balaban J connectivity index is 1.78. The smallest absolute Gasteiger partial charge is 0.238 e. The number of carbonyl (C=O) groups is 2. The predicted molar refractivity (Wildman–Crippen MR) is 88.1 cm³/mol. The normalized spacial score (nSPS) is 32.1. The highest BCUT2D eigenvalue weighted by Crippen LogP contribution is 2.57. The quantitative estimate of drug-likeness (QED) is 0.567. The van der Waals surface area contributed by atoms with E-state index in [2.05, 4.69) is 41.9 Å². The van der Waals surface area contributed by atoms with E-state index in [4.69, 9.17) is 0 Å². The molecule has 2 bridgehead atoms. The highest BCUT2D eigenvalue weighted by Gasteiger charge is 2.61. The number of anilines is 1. The van der Waals surface area contributed by atoms with Crippen molar-refractivity contribution in [1.29, 1.82) is 0 Å². The van der Waals surface area contributed by atoms with Crippen molar-refractivity contribution in [3.05, 3.63) is 52.0 Å². The molecule has 1 aliphatic heterocycles. The van der Waals surface area contributed by atoms with Gasteiger partial charge in [-0.05, 0) is 32.0 Å². The van der Waals surface area contributed by atoms with Crippen LogP contribution in [0.4, 0.5) is 5.69 Å². The van der Waals surface area contributed by atoms with E-state index in [-0.39, 0.29) is 35.5 Å². The molecule has 1 aromatic rings. The van der Waals surface area contributed by atoms with Gasteiger partial charge >= 0.3 is 0 Å². The lowest BCUT2D eigenvalue weighted by Gasteiger charge is -2.19. The number of rotatable bonds is 1. The zero-order valence-electron chi connectivity index (χ0n) is 12.4. The minimum Gasteiger partial charge on any atom is -0.274 e. The average Bonchev–Trinajstić information content (AvgIpc) is 3.09. The van der Waals surface area contributed by atoms with Crippen molar-refractivity contribution in [2.24, 2.45) is 23.7 Å². The average molecular weight is 358 g/mol. The fourth-order valence-electron chi connectivity index (χ4n) is 4.30. The first-order chi connectivity index (χ1) is 10.5. The molecule has 4 atom stereocenters. The lowest BCUT2D eigenvalue weighted by atomic mass is 9.85. The number of amides is 2. The highest BCUT2D eigenvalue weighted by atomic mass is 79.9. The molecule has 0 unspecified atom stereocenters. The zero-order valence-corrected chi connectivity index (χ0v) is 14.0. The van der Waals surface area contributed by atoms with E-state index in [9.17, 15) is 9.59 Å². The van der Waals surface area contributed by atoms with Crippen LogP contribution in [0.25, 0.3) is 0 Å². The van der Waals surface area contributed by atoms with Crippen LogP contribution in [0.5, 0.6) is 0 Å². The Morgan fingerprint density at radius 1 is 1.05 bits per heavy atom. The maximum atomic E-state index is 12.9. The Morgan fingerprint density at radius 3 is 2.14 bits per heavy atom. The van der Waals surface area contributed by atoms with Crippen molar-refractivity contribution in [3.8, 4) is 0 Å². The Bertz CT molecular complexity index is 726. The van der Waals surface area contributed by atoms with Gasteiger partial charge in [0, 0.05) is 16.3 Å². The van der Waals surface area contributed by atoms with Crippen molar-refractivity contribution < 1.29 is 9.59 Å². The first-order valence-corrected chi connectivity index (χ1v) is 8.29. The predicted octanol–water partition coefficient (Wildman–Crippen LogP) is 3.71. The van der Waals surface area contributed by atoms with Gasteiger partial charge in [0.25, 0.3) is 0 Å². The molecule has 4 heteroatoms. The van der Waals surface area contributed by atoms with Gasteiger partial charge < -0.3 is 0 Å². The lowest BCUT2D eigenvalue weighted by Crippen LogP contribution is -2.33. The second-order valence-electron chi connectivity index (χ2n) is 6.44. The van der Waals surface area contributed by atoms with Crippen molar-refractivity contribution in [3.63, 3.8) is 0 Å². The first kappa shape index (κ1) is 13.9. The standard InChI is InChI=1S/C18H16BrNO2/c1-9(2)14-12-6-7-13(14)16-15(12)17(21)20(18(16)22)11-5-3-4-10(19)8-11/h3-8,12-13,15-16H,1-2H3/t12-,13-,15-,16+/m0/s1. The molecule has 112 valence electrons. The van der Waals surface area contributed by atoms with Gasteiger partial charge in [0.2, 0.25) is 11.8 Å². The number of imide groups is 1. The summed E-state index contributed by atoms with van der Waals surface area (Å²) in [4.78, 5) is 27.2. The summed E-state index contributed by atoms with van der Waals surface area (Å²) < 4.78 is 0.869. The van der Waals surface area contributed by atoms with Gasteiger partial charge in [-0.25, -0.2) is 4.90 Å². The minimum absolute atomic E-state index is 0.0521. The van der Waals surface area contributed by atoms with Gasteiger partial charge in [0.05, 0.1) is 17.5 Å². The summed E-state index contributed by atoms with van der Waals surface area (Å²) in [7, 11) is 0. The van der Waals surface area contributed by atoms with E-state index in [0.29, 0.717) is 5.69 Å². The number of allylic oxidation sites excluding steroid dienone is 4. The van der Waals surface area contributed by atoms with E-state index >= 15 is 0 Å². The zero-order chi connectivity index (χ0) is 15.6. The van der Waals surface area contributed by atoms with Gasteiger partial charge in [-0.1, -0.05) is 45.3 Å². The number of hydrogen-bond donors (Lipinski definition) is 0. The van der Waals surface area contributed by atoms with Gasteiger partial charge in [0.1, 0.15) is 0 Å². The fourth-order valence-corrected chi connectivity index (χ4v) is 4.69. The Hall–Kier alpha value is -1.68. The van der Waals surface area contributed by atoms with Gasteiger partial charge in [-0.15, -0.1) is 0 Å². The van der Waals surface area contributed by atoms with Crippen LogP contribution < -0.4 is 4.90 Å². The number of fused-ring (bicyclic) bond motifs is 5. The van der Waals surface area contributed by atoms with Gasteiger partial charge in [-0.2, -0.15) is 0 Å². The third-order valence-electron chi connectivity index (χ3n) is 5.06. The molecule has 0 spiro atoms. The SMILES string of the molecule is CC(C)=C1[C@@H]2C=C[C@@H]1[C@H]1C(=O)N(c3cccc(Br)c3)C(=O)[C@H]12. The first-order valence-electron chi connectivity index (χ1n) is 7.49. The Morgan fingerprint density at radius 2 is 1.64 bits per heavy atom. The molecule has 3 nitrogen and oxygen atoms in total. The third kappa shape index (κ3) is 1.67. The van der Waals surface area contributed by atoms with E-state index in [1.165, 1.54) is 16.0 Å². The summed E-state index contributed by atoms with van der Waals surface area (Å²) in [6, 6.07) is 7.39. The maximum Gasteiger partial charge on any atom is 0.238 e. The summed E-state index contributed by atoms with van der Waals surface area (Å²) in [6.07, 6.45) is 4.23. The number of carbonyl (C=O) groups excluding carboxylic acids is 2. The molecule has 22 heavy (non-hydrogen) atoms. The van der Waals surface area contributed by atoms with Crippen molar-refractivity contribution >= 4 is 33.4 Å². The second-order valence-corrected chi connectivity index (χ2v) is 7.35. The van der Waals surface area contributed by atoms with Crippen LogP contribution >= 0.6 is 15.9 Å². The number of nitrogens with zero attached hydrogens (tertiary/aromatic N) is 1. The van der Waals surface area contributed by atoms with Crippen LogP contribution in [-0.4, -0.2) is 11.8 Å². The van der Waals surface area contributed by atoms with Crippen molar-refractivity contribution in [2.45, 2.75) is 13.8 Å². The number of halogens is 1. The molecule has 2 fully saturated rings. The molecular formula is C18H16BrNO2. The van der Waals surface area contributed by atoms with Crippen LogP contribution in [0.15, 0.2) is 52.0 Å². The molecule has 0 aromatic heterocycles. The topological polar surface area (TPSA) is 37.4 Å². The molecule has 3 aliphatic rings. The molecule has 2 aliphatic carbocycles. The van der Waals surface area contributed by atoms with E-state index in [1.54, 1.807) is 0 Å². The van der Waals surface area contributed by atoms with Crippen molar-refractivity contribution in [1.82, 2.24) is 0 Å². The van der Waals surface area contributed by atoms with Crippen LogP contribution in [-0.2, 0) is 9.59 Å². The summed E-state index contributed by atoms with van der Waals surface area (Å²) in [5, 5.41) is 0. The molecule has 1 saturated heterocycles. The molecule has 0 N–H and O–H groups in total. The van der Waals surface area contributed by atoms with E-state index in [1.807, 2.05) is 24.3 Å². The highest BCUT2D eigenvalue weighted by molar-refractivity contribution is 9.10. The van der Waals surface area contributed by atoms with Crippen LogP contribution in [0, 0.1) is 23.7 Å². The molecule has 0 radical (unpaired) electrons. The number of hydrogen-bond acceptors (Lipinski definition) is 2. The molecule has 4 rings (SSSR count). The molecule has 1 saturated carbocycles.